The summed E-state index contributed by atoms with van der Waals surface area (Å²) in [4.78, 5) is 26.3. The highest BCUT2D eigenvalue weighted by Crippen LogP contribution is 2.19. The Morgan fingerprint density at radius 3 is 2.74 bits per heavy atom. The molecule has 1 N–H and O–H groups in total. The van der Waals surface area contributed by atoms with Gasteiger partial charge in [0.25, 0.3) is 0 Å². The second-order valence-corrected chi connectivity index (χ2v) is 5.21. The number of oxazole rings is 1. The molecule has 0 aromatic carbocycles. The number of aldehydes is 1. The van der Waals surface area contributed by atoms with Crippen LogP contribution in [-0.4, -0.2) is 23.0 Å². The van der Waals surface area contributed by atoms with Gasteiger partial charge in [0.15, 0.2) is 12.0 Å². The number of aromatic nitrogens is 1. The molecule has 0 saturated heterocycles. The molecule has 1 aromatic rings. The molecule has 0 aliphatic rings. The van der Waals surface area contributed by atoms with Crippen molar-refractivity contribution in [2.75, 3.05) is 0 Å². The molecule has 19 heavy (non-hydrogen) atoms. The third kappa shape index (κ3) is 5.11. The molecule has 0 spiro atoms. The second kappa shape index (κ2) is 6.36. The van der Waals surface area contributed by atoms with Crippen LogP contribution in [0.5, 0.6) is 0 Å². The van der Waals surface area contributed by atoms with Crippen LogP contribution < -0.4 is 5.32 Å². The van der Waals surface area contributed by atoms with E-state index in [0.717, 1.165) is 6.42 Å². The number of ether oxygens (including phenoxy) is 1. The third-order valence-corrected chi connectivity index (χ3v) is 2.22. The summed E-state index contributed by atoms with van der Waals surface area (Å²) in [7, 11) is 0. The molecule has 0 radical (unpaired) electrons. The first-order chi connectivity index (χ1) is 8.85. The van der Waals surface area contributed by atoms with Crippen LogP contribution in [-0.2, 0) is 4.74 Å². The Bertz CT molecular complexity index is 434. The molecule has 6 heteroatoms. The smallest absolute Gasteiger partial charge is 0.408 e. The zero-order valence-electron chi connectivity index (χ0n) is 11.7. The summed E-state index contributed by atoms with van der Waals surface area (Å²) in [5.74, 6) is 0.455. The number of nitrogens with zero attached hydrogens (tertiary/aromatic N) is 1. The van der Waals surface area contributed by atoms with Gasteiger partial charge in [0.05, 0.1) is 6.20 Å². The topological polar surface area (TPSA) is 81.4 Å². The van der Waals surface area contributed by atoms with Crippen LogP contribution in [0.4, 0.5) is 4.79 Å². The van der Waals surface area contributed by atoms with Crippen LogP contribution in [0.1, 0.15) is 63.0 Å². The Hall–Kier alpha value is -1.85. The predicted octanol–water partition coefficient (Wildman–Crippen LogP) is 2.85. The van der Waals surface area contributed by atoms with Gasteiger partial charge in [-0.05, 0) is 27.2 Å². The van der Waals surface area contributed by atoms with Crippen LogP contribution in [0.3, 0.4) is 0 Å². The highest BCUT2D eigenvalue weighted by atomic mass is 16.6. The van der Waals surface area contributed by atoms with E-state index in [-0.39, 0.29) is 5.76 Å². The first-order valence-corrected chi connectivity index (χ1v) is 6.26. The minimum atomic E-state index is -0.564. The van der Waals surface area contributed by atoms with Gasteiger partial charge in [-0.1, -0.05) is 13.3 Å². The Balaban J connectivity index is 2.72. The molecule has 0 aliphatic carbocycles. The zero-order chi connectivity index (χ0) is 14.5. The lowest BCUT2D eigenvalue weighted by molar-refractivity contribution is 0.0492. The van der Waals surface area contributed by atoms with Gasteiger partial charge in [-0.15, -0.1) is 0 Å². The van der Waals surface area contributed by atoms with Crippen LogP contribution in [0.15, 0.2) is 10.6 Å². The van der Waals surface area contributed by atoms with Gasteiger partial charge >= 0.3 is 6.09 Å². The maximum Gasteiger partial charge on any atom is 0.408 e. The summed E-state index contributed by atoms with van der Waals surface area (Å²) in [6, 6.07) is -0.395. The third-order valence-electron chi connectivity index (χ3n) is 2.22. The van der Waals surface area contributed by atoms with Gasteiger partial charge in [0, 0.05) is 0 Å². The molecule has 0 aliphatic heterocycles. The van der Waals surface area contributed by atoms with E-state index in [1.165, 1.54) is 6.20 Å². The summed E-state index contributed by atoms with van der Waals surface area (Å²) >= 11 is 0. The summed E-state index contributed by atoms with van der Waals surface area (Å²) < 4.78 is 10.4. The normalized spacial score (nSPS) is 12.8. The molecule has 0 saturated carbocycles. The van der Waals surface area contributed by atoms with Crippen molar-refractivity contribution in [1.82, 2.24) is 10.3 Å². The number of carbonyl (C=O) groups is 2. The van der Waals surface area contributed by atoms with Crippen molar-refractivity contribution in [3.8, 4) is 0 Å². The highest BCUT2D eigenvalue weighted by molar-refractivity contribution is 5.70. The van der Waals surface area contributed by atoms with Gasteiger partial charge in [0.1, 0.15) is 11.6 Å². The molecular formula is C13H20N2O4. The molecule has 1 heterocycles. The Morgan fingerprint density at radius 2 is 2.26 bits per heavy atom. The van der Waals surface area contributed by atoms with E-state index in [1.54, 1.807) is 20.8 Å². The maximum atomic E-state index is 11.7. The van der Waals surface area contributed by atoms with Crippen molar-refractivity contribution in [2.24, 2.45) is 0 Å². The fraction of sp³-hybridized carbons (Fsp3) is 0.615. The van der Waals surface area contributed by atoms with E-state index in [2.05, 4.69) is 10.3 Å². The van der Waals surface area contributed by atoms with Crippen molar-refractivity contribution in [2.45, 2.75) is 52.2 Å². The Labute approximate surface area is 112 Å². The standard InChI is InChI=1S/C13H20N2O4/c1-5-6-10(11-14-7-9(8-16)18-11)15-12(17)19-13(2,3)4/h7-8,10H,5-6H2,1-4H3,(H,15,17)/t10-/m1/s1. The SMILES string of the molecule is CCC[C@@H](NC(=O)OC(C)(C)C)c1ncc(C=O)o1. The summed E-state index contributed by atoms with van der Waals surface area (Å²) in [6.07, 6.45) is 2.86. The number of amides is 1. The Morgan fingerprint density at radius 1 is 1.58 bits per heavy atom. The van der Waals surface area contributed by atoms with Gasteiger partial charge in [0.2, 0.25) is 5.89 Å². The zero-order valence-corrected chi connectivity index (χ0v) is 11.7. The van der Waals surface area contributed by atoms with Crippen LogP contribution in [0.25, 0.3) is 0 Å². The largest absolute Gasteiger partial charge is 0.444 e. The first kappa shape index (κ1) is 15.2. The minimum absolute atomic E-state index is 0.141. The monoisotopic (exact) mass is 268 g/mol. The number of hydrogen-bond acceptors (Lipinski definition) is 5. The van der Waals surface area contributed by atoms with E-state index in [9.17, 15) is 9.59 Å². The predicted molar refractivity (Wildman–Crippen MR) is 68.9 cm³/mol. The molecule has 1 atom stereocenters. The van der Waals surface area contributed by atoms with Gasteiger partial charge in [-0.25, -0.2) is 9.78 Å². The van der Waals surface area contributed by atoms with Crippen molar-refractivity contribution in [3.63, 3.8) is 0 Å². The molecule has 6 nitrogen and oxygen atoms in total. The van der Waals surface area contributed by atoms with E-state index in [4.69, 9.17) is 9.15 Å². The molecule has 0 fully saturated rings. The number of rotatable bonds is 5. The second-order valence-electron chi connectivity index (χ2n) is 5.21. The van der Waals surface area contributed by atoms with Crippen LogP contribution in [0.2, 0.25) is 0 Å². The summed E-state index contributed by atoms with van der Waals surface area (Å²) in [6.45, 7) is 7.35. The van der Waals surface area contributed by atoms with E-state index < -0.39 is 17.7 Å². The first-order valence-electron chi connectivity index (χ1n) is 6.26. The summed E-state index contributed by atoms with van der Waals surface area (Å²) in [5.41, 5.74) is -0.564. The molecule has 1 rings (SSSR count). The lowest BCUT2D eigenvalue weighted by Crippen LogP contribution is -2.35. The van der Waals surface area contributed by atoms with E-state index in [1.807, 2.05) is 6.92 Å². The fourth-order valence-corrected chi connectivity index (χ4v) is 1.51. The lowest BCUT2D eigenvalue weighted by Gasteiger charge is -2.22. The molecule has 0 bridgehead atoms. The minimum Gasteiger partial charge on any atom is -0.444 e. The van der Waals surface area contributed by atoms with Gasteiger partial charge in [-0.2, -0.15) is 0 Å². The van der Waals surface area contributed by atoms with Crippen molar-refractivity contribution < 1.29 is 18.7 Å². The highest BCUT2D eigenvalue weighted by Gasteiger charge is 2.23. The number of hydrogen-bond donors (Lipinski definition) is 1. The van der Waals surface area contributed by atoms with Crippen LogP contribution in [0, 0.1) is 0 Å². The van der Waals surface area contributed by atoms with Gasteiger partial charge in [-0.3, -0.25) is 4.79 Å². The molecule has 1 amide bonds. The van der Waals surface area contributed by atoms with E-state index in [0.29, 0.717) is 18.6 Å². The van der Waals surface area contributed by atoms with Crippen molar-refractivity contribution in [1.29, 1.82) is 0 Å². The maximum absolute atomic E-state index is 11.7. The van der Waals surface area contributed by atoms with Crippen molar-refractivity contribution in [3.05, 3.63) is 17.8 Å². The number of carbonyl (C=O) groups excluding carboxylic acids is 2. The van der Waals surface area contributed by atoms with Crippen LogP contribution >= 0.6 is 0 Å². The van der Waals surface area contributed by atoms with E-state index >= 15 is 0 Å². The fourth-order valence-electron chi connectivity index (χ4n) is 1.51. The summed E-state index contributed by atoms with van der Waals surface area (Å²) in [5, 5.41) is 2.69. The molecular weight excluding hydrogens is 248 g/mol. The molecule has 106 valence electrons. The molecule has 0 unspecified atom stereocenters. The van der Waals surface area contributed by atoms with Gasteiger partial charge < -0.3 is 14.5 Å². The average Bonchev–Trinajstić information content (AvgIpc) is 2.74. The Kier molecular flexibility index (Phi) is 5.09. The quantitative estimate of drug-likeness (QED) is 0.830. The lowest BCUT2D eigenvalue weighted by atomic mass is 10.1. The number of alkyl carbamates (subject to hydrolysis) is 1. The molecule has 1 aromatic heterocycles. The van der Waals surface area contributed by atoms with Crippen molar-refractivity contribution >= 4 is 12.4 Å². The average molecular weight is 268 g/mol. The number of nitrogens with one attached hydrogen (secondary N) is 1.